The lowest BCUT2D eigenvalue weighted by atomic mass is 10.2. The van der Waals surface area contributed by atoms with Crippen LogP contribution in [0.25, 0.3) is 0 Å². The first kappa shape index (κ1) is 18.7. The predicted molar refractivity (Wildman–Crippen MR) is 86.9 cm³/mol. The van der Waals surface area contributed by atoms with Gasteiger partial charge in [0.05, 0.1) is 0 Å². The maximum atomic E-state index is 10.3. The van der Waals surface area contributed by atoms with Crippen molar-refractivity contribution in [1.29, 1.82) is 0 Å². The van der Waals surface area contributed by atoms with Crippen LogP contribution >= 0.6 is 0 Å². The van der Waals surface area contributed by atoms with Crippen molar-refractivity contribution in [2.75, 3.05) is 0 Å². The molecule has 0 aromatic heterocycles. The number of allylic oxidation sites excluding steroid dienone is 6. The van der Waals surface area contributed by atoms with Gasteiger partial charge in [0.15, 0.2) is 0 Å². The monoisotopic (exact) mass is 278 g/mol. The van der Waals surface area contributed by atoms with Gasteiger partial charge in [-0.25, -0.2) is 0 Å². The number of carbonyl (C=O) groups is 1. The van der Waals surface area contributed by atoms with Crippen LogP contribution in [0.4, 0.5) is 0 Å². The molecule has 0 saturated carbocycles. The van der Waals surface area contributed by atoms with Crippen molar-refractivity contribution in [3.8, 4) is 0 Å². The van der Waals surface area contributed by atoms with E-state index in [9.17, 15) is 4.79 Å². The third-order valence-electron chi connectivity index (χ3n) is 3.03. The van der Waals surface area contributed by atoms with Gasteiger partial charge >= 0.3 is 5.97 Å². The number of aliphatic carboxylic acids is 1. The van der Waals surface area contributed by atoms with Crippen LogP contribution in [0.15, 0.2) is 36.5 Å². The maximum Gasteiger partial charge on any atom is 0.303 e. The first-order valence-electron chi connectivity index (χ1n) is 7.94. The lowest BCUT2D eigenvalue weighted by Crippen LogP contribution is -1.92. The lowest BCUT2D eigenvalue weighted by Gasteiger charge is -1.92. The van der Waals surface area contributed by atoms with Crippen molar-refractivity contribution in [2.45, 2.75) is 71.1 Å². The Labute approximate surface area is 124 Å². The molecule has 0 amide bonds. The molecule has 0 bridgehead atoms. The van der Waals surface area contributed by atoms with Gasteiger partial charge in [0, 0.05) is 6.42 Å². The van der Waals surface area contributed by atoms with Crippen LogP contribution in [-0.4, -0.2) is 11.1 Å². The van der Waals surface area contributed by atoms with E-state index in [4.69, 9.17) is 5.11 Å². The third kappa shape index (κ3) is 16.7. The van der Waals surface area contributed by atoms with Crippen molar-refractivity contribution in [1.82, 2.24) is 0 Å². The van der Waals surface area contributed by atoms with Crippen molar-refractivity contribution < 1.29 is 9.90 Å². The van der Waals surface area contributed by atoms with Gasteiger partial charge in [-0.1, -0.05) is 56.2 Å². The standard InChI is InChI=1S/C18H30O2/c1-2-3-4-5-6-7-8-9-10-11-12-13-14-15-16-17-18(19)20/h6-7,9-10,12-13H,2-5,8,11,14-17H2,1H3,(H,19,20)/b7-6+,10-9-,13-12-. The predicted octanol–water partition coefficient (Wildman–Crippen LogP) is 5.66. The molecule has 0 rings (SSSR count). The van der Waals surface area contributed by atoms with Crippen LogP contribution in [0, 0.1) is 0 Å². The molecule has 114 valence electrons. The van der Waals surface area contributed by atoms with E-state index in [1.165, 1.54) is 25.7 Å². The number of hydrogen-bond donors (Lipinski definition) is 1. The van der Waals surface area contributed by atoms with Crippen molar-refractivity contribution >= 4 is 5.97 Å². The topological polar surface area (TPSA) is 37.3 Å². The molecule has 0 aromatic carbocycles. The molecular weight excluding hydrogens is 248 g/mol. The Bertz CT molecular complexity index is 301. The molecule has 0 fully saturated rings. The maximum absolute atomic E-state index is 10.3. The molecule has 0 spiro atoms. The summed E-state index contributed by atoms with van der Waals surface area (Å²) in [6.07, 6.45) is 23.3. The minimum absolute atomic E-state index is 0.290. The molecule has 0 aliphatic carbocycles. The van der Waals surface area contributed by atoms with Crippen LogP contribution in [0.2, 0.25) is 0 Å². The fraction of sp³-hybridized carbons (Fsp3) is 0.611. The number of hydrogen-bond acceptors (Lipinski definition) is 1. The van der Waals surface area contributed by atoms with Crippen LogP contribution in [0.5, 0.6) is 0 Å². The van der Waals surface area contributed by atoms with Gasteiger partial charge in [-0.15, -0.1) is 0 Å². The van der Waals surface area contributed by atoms with Crippen LogP contribution in [-0.2, 0) is 4.79 Å². The summed E-state index contributed by atoms with van der Waals surface area (Å²) in [4.78, 5) is 10.3. The molecule has 1 N–H and O–H groups in total. The van der Waals surface area contributed by atoms with Gasteiger partial charge in [0.1, 0.15) is 0 Å². The van der Waals surface area contributed by atoms with Gasteiger partial charge in [-0.05, 0) is 44.9 Å². The summed E-state index contributed by atoms with van der Waals surface area (Å²) >= 11 is 0. The largest absolute Gasteiger partial charge is 0.481 e. The second-order valence-electron chi connectivity index (χ2n) is 5.02. The zero-order chi connectivity index (χ0) is 14.9. The van der Waals surface area contributed by atoms with Crippen LogP contribution < -0.4 is 0 Å². The zero-order valence-electron chi connectivity index (χ0n) is 12.9. The normalized spacial score (nSPS) is 12.1. The Balaban J connectivity index is 3.32. The lowest BCUT2D eigenvalue weighted by molar-refractivity contribution is -0.137. The number of rotatable bonds is 13. The van der Waals surface area contributed by atoms with Crippen molar-refractivity contribution in [3.63, 3.8) is 0 Å². The summed E-state index contributed by atoms with van der Waals surface area (Å²) < 4.78 is 0. The Kier molecular flexibility index (Phi) is 14.7. The van der Waals surface area contributed by atoms with Crippen molar-refractivity contribution in [2.24, 2.45) is 0 Å². The van der Waals surface area contributed by atoms with Crippen LogP contribution in [0.3, 0.4) is 0 Å². The number of carboxylic acid groups (broad SMARTS) is 1. The zero-order valence-corrected chi connectivity index (χ0v) is 12.9. The molecule has 0 radical (unpaired) electrons. The summed E-state index contributed by atoms with van der Waals surface area (Å²) in [5, 5.41) is 8.48. The van der Waals surface area contributed by atoms with Crippen LogP contribution in [0.1, 0.15) is 71.1 Å². The molecule has 0 heterocycles. The fourth-order valence-corrected chi connectivity index (χ4v) is 1.83. The third-order valence-corrected chi connectivity index (χ3v) is 3.03. The molecule has 0 saturated heterocycles. The average Bonchev–Trinajstić information content (AvgIpc) is 2.43. The Morgan fingerprint density at radius 2 is 1.30 bits per heavy atom. The summed E-state index contributed by atoms with van der Waals surface area (Å²) in [5.74, 6) is -0.695. The molecule has 0 unspecified atom stereocenters. The van der Waals surface area contributed by atoms with E-state index >= 15 is 0 Å². The summed E-state index contributed by atoms with van der Waals surface area (Å²) in [7, 11) is 0. The van der Waals surface area contributed by atoms with Crippen molar-refractivity contribution in [3.05, 3.63) is 36.5 Å². The highest BCUT2D eigenvalue weighted by atomic mass is 16.4. The number of carboxylic acids is 1. The van der Waals surface area contributed by atoms with Gasteiger partial charge < -0.3 is 5.11 Å². The van der Waals surface area contributed by atoms with E-state index in [0.29, 0.717) is 6.42 Å². The SMILES string of the molecule is CCCCC/C=C/C/C=C\C/C=C\CCCCC(=O)O. The molecular formula is C18H30O2. The Morgan fingerprint density at radius 3 is 1.80 bits per heavy atom. The van der Waals surface area contributed by atoms with E-state index in [0.717, 1.165) is 32.1 Å². The molecule has 0 atom stereocenters. The Hall–Kier alpha value is -1.31. The Morgan fingerprint density at radius 1 is 0.800 bits per heavy atom. The molecule has 2 heteroatoms. The molecule has 0 aliphatic heterocycles. The van der Waals surface area contributed by atoms with E-state index in [1.807, 2.05) is 0 Å². The summed E-state index contributed by atoms with van der Waals surface area (Å²) in [6.45, 7) is 2.23. The van der Waals surface area contributed by atoms with Gasteiger partial charge in [-0.2, -0.15) is 0 Å². The molecule has 2 nitrogen and oxygen atoms in total. The smallest absolute Gasteiger partial charge is 0.303 e. The summed E-state index contributed by atoms with van der Waals surface area (Å²) in [5.41, 5.74) is 0. The highest BCUT2D eigenvalue weighted by molar-refractivity contribution is 5.66. The highest BCUT2D eigenvalue weighted by Crippen LogP contribution is 2.02. The highest BCUT2D eigenvalue weighted by Gasteiger charge is 1.93. The number of unbranched alkanes of at least 4 members (excludes halogenated alkanes) is 5. The quantitative estimate of drug-likeness (QED) is 0.348. The van der Waals surface area contributed by atoms with E-state index in [1.54, 1.807) is 0 Å². The first-order valence-corrected chi connectivity index (χ1v) is 7.94. The molecule has 0 aromatic rings. The molecule has 0 aliphatic rings. The van der Waals surface area contributed by atoms with Gasteiger partial charge in [0.2, 0.25) is 0 Å². The van der Waals surface area contributed by atoms with Gasteiger partial charge in [0.25, 0.3) is 0 Å². The molecule has 20 heavy (non-hydrogen) atoms. The van der Waals surface area contributed by atoms with E-state index < -0.39 is 5.97 Å². The summed E-state index contributed by atoms with van der Waals surface area (Å²) in [6, 6.07) is 0. The minimum Gasteiger partial charge on any atom is -0.481 e. The van der Waals surface area contributed by atoms with Gasteiger partial charge in [-0.3, -0.25) is 4.79 Å². The minimum atomic E-state index is -0.695. The van der Waals surface area contributed by atoms with E-state index in [-0.39, 0.29) is 0 Å². The fourth-order valence-electron chi connectivity index (χ4n) is 1.83. The first-order chi connectivity index (χ1) is 9.77. The average molecular weight is 278 g/mol. The van der Waals surface area contributed by atoms with E-state index in [2.05, 4.69) is 43.4 Å². The second kappa shape index (κ2) is 15.7. The second-order valence-corrected chi connectivity index (χ2v) is 5.02.